The van der Waals surface area contributed by atoms with Crippen molar-refractivity contribution in [3.63, 3.8) is 0 Å². The number of benzene rings is 1. The van der Waals surface area contributed by atoms with Gasteiger partial charge in [0.2, 0.25) is 11.8 Å². The number of aryl methyl sites for hydroxylation is 1. The summed E-state index contributed by atoms with van der Waals surface area (Å²) in [4.78, 5) is 30.4. The van der Waals surface area contributed by atoms with E-state index in [0.717, 1.165) is 18.5 Å². The van der Waals surface area contributed by atoms with Crippen LogP contribution in [0.4, 0.5) is 0 Å². The number of nitrogens with one attached hydrogen (secondary N) is 1. The zero-order valence-electron chi connectivity index (χ0n) is 14.2. The average Bonchev–Trinajstić information content (AvgIpc) is 3.01. The topological polar surface area (TPSA) is 62.3 Å². The molecule has 1 aromatic carbocycles. The molecule has 5 nitrogen and oxygen atoms in total. The first-order chi connectivity index (χ1) is 12.2. The second-order valence-electron chi connectivity index (χ2n) is 6.38. The van der Waals surface area contributed by atoms with Crippen molar-refractivity contribution in [1.29, 1.82) is 0 Å². The van der Waals surface area contributed by atoms with Crippen molar-refractivity contribution >= 4 is 11.8 Å². The van der Waals surface area contributed by atoms with Gasteiger partial charge in [0.15, 0.2) is 0 Å². The molecule has 1 N–H and O–H groups in total. The van der Waals surface area contributed by atoms with Crippen LogP contribution in [0, 0.1) is 5.92 Å². The number of pyridine rings is 1. The molecule has 2 amide bonds. The Kier molecular flexibility index (Phi) is 5.77. The van der Waals surface area contributed by atoms with Gasteiger partial charge in [0, 0.05) is 25.7 Å². The first-order valence-corrected chi connectivity index (χ1v) is 8.71. The highest BCUT2D eigenvalue weighted by Crippen LogP contribution is 2.19. The van der Waals surface area contributed by atoms with E-state index in [4.69, 9.17) is 0 Å². The molecule has 1 unspecified atom stereocenters. The number of carbonyl (C=O) groups excluding carboxylic acids is 2. The minimum absolute atomic E-state index is 0.0232. The highest BCUT2D eigenvalue weighted by Gasteiger charge is 2.34. The first-order valence-electron chi connectivity index (χ1n) is 8.71. The molecular formula is C20H23N3O2. The van der Waals surface area contributed by atoms with E-state index in [1.165, 1.54) is 5.56 Å². The number of rotatable bonds is 7. The molecule has 2 aromatic rings. The van der Waals surface area contributed by atoms with Crippen LogP contribution in [-0.2, 0) is 22.6 Å². The molecule has 0 radical (unpaired) electrons. The minimum Gasteiger partial charge on any atom is -0.356 e. The second-order valence-corrected chi connectivity index (χ2v) is 6.38. The quantitative estimate of drug-likeness (QED) is 0.788. The Hall–Kier alpha value is -2.69. The fourth-order valence-corrected chi connectivity index (χ4v) is 3.08. The lowest BCUT2D eigenvalue weighted by Crippen LogP contribution is -2.33. The van der Waals surface area contributed by atoms with E-state index in [0.29, 0.717) is 19.6 Å². The summed E-state index contributed by atoms with van der Waals surface area (Å²) in [6.45, 7) is 1.58. The van der Waals surface area contributed by atoms with Crippen molar-refractivity contribution in [3.05, 3.63) is 66.0 Å². The third-order valence-electron chi connectivity index (χ3n) is 4.45. The average molecular weight is 337 g/mol. The number of carbonyl (C=O) groups is 2. The normalized spacial score (nSPS) is 16.9. The van der Waals surface area contributed by atoms with Crippen LogP contribution in [0.25, 0.3) is 0 Å². The van der Waals surface area contributed by atoms with Gasteiger partial charge in [-0.2, -0.15) is 0 Å². The minimum atomic E-state index is -0.257. The fraction of sp³-hybridized carbons (Fsp3) is 0.350. The Balaban J connectivity index is 1.41. The smallest absolute Gasteiger partial charge is 0.225 e. The molecular weight excluding hydrogens is 314 g/mol. The van der Waals surface area contributed by atoms with Crippen LogP contribution in [0.1, 0.15) is 24.1 Å². The molecule has 1 aliphatic heterocycles. The Bertz CT molecular complexity index is 703. The van der Waals surface area contributed by atoms with Crippen molar-refractivity contribution < 1.29 is 9.59 Å². The van der Waals surface area contributed by atoms with Gasteiger partial charge in [-0.3, -0.25) is 14.6 Å². The summed E-state index contributed by atoms with van der Waals surface area (Å²) < 4.78 is 0. The molecule has 1 fully saturated rings. The van der Waals surface area contributed by atoms with Crippen LogP contribution in [-0.4, -0.2) is 34.8 Å². The summed E-state index contributed by atoms with van der Waals surface area (Å²) >= 11 is 0. The van der Waals surface area contributed by atoms with Crippen LogP contribution < -0.4 is 5.32 Å². The van der Waals surface area contributed by atoms with Gasteiger partial charge in [-0.15, -0.1) is 0 Å². The molecule has 130 valence electrons. The molecule has 3 rings (SSSR count). The highest BCUT2D eigenvalue weighted by molar-refractivity contribution is 5.89. The summed E-state index contributed by atoms with van der Waals surface area (Å²) in [5.74, 6) is -0.257. The number of hydrogen-bond donors (Lipinski definition) is 1. The molecule has 1 saturated heterocycles. The molecule has 25 heavy (non-hydrogen) atoms. The highest BCUT2D eigenvalue weighted by atomic mass is 16.2. The van der Waals surface area contributed by atoms with E-state index in [2.05, 4.69) is 22.4 Å². The third-order valence-corrected chi connectivity index (χ3v) is 4.45. The van der Waals surface area contributed by atoms with E-state index < -0.39 is 0 Å². The van der Waals surface area contributed by atoms with E-state index in [9.17, 15) is 9.59 Å². The molecule has 1 aromatic heterocycles. The van der Waals surface area contributed by atoms with Crippen molar-refractivity contribution in [3.8, 4) is 0 Å². The van der Waals surface area contributed by atoms with Gasteiger partial charge in [-0.1, -0.05) is 36.4 Å². The van der Waals surface area contributed by atoms with Crippen LogP contribution in [0.15, 0.2) is 54.7 Å². The Labute approximate surface area is 148 Å². The lowest BCUT2D eigenvalue weighted by Gasteiger charge is -2.16. The summed E-state index contributed by atoms with van der Waals surface area (Å²) in [7, 11) is 0. The predicted octanol–water partition coefficient (Wildman–Crippen LogP) is 2.18. The Morgan fingerprint density at radius 3 is 2.72 bits per heavy atom. The number of hydrogen-bond acceptors (Lipinski definition) is 3. The van der Waals surface area contributed by atoms with Gasteiger partial charge in [-0.25, -0.2) is 0 Å². The van der Waals surface area contributed by atoms with E-state index in [1.54, 1.807) is 11.1 Å². The zero-order valence-corrected chi connectivity index (χ0v) is 14.2. The maximum atomic E-state index is 12.3. The van der Waals surface area contributed by atoms with Gasteiger partial charge in [0.1, 0.15) is 0 Å². The van der Waals surface area contributed by atoms with Crippen LogP contribution in [0.2, 0.25) is 0 Å². The molecule has 5 heteroatoms. The lowest BCUT2D eigenvalue weighted by molar-refractivity contribution is -0.129. The van der Waals surface area contributed by atoms with Gasteiger partial charge >= 0.3 is 0 Å². The first kappa shape index (κ1) is 17.1. The predicted molar refractivity (Wildman–Crippen MR) is 95.5 cm³/mol. The summed E-state index contributed by atoms with van der Waals surface area (Å²) in [6.07, 6.45) is 3.84. The van der Waals surface area contributed by atoms with Gasteiger partial charge in [0.25, 0.3) is 0 Å². The van der Waals surface area contributed by atoms with Crippen LogP contribution >= 0.6 is 0 Å². The molecule has 0 saturated carbocycles. The summed E-state index contributed by atoms with van der Waals surface area (Å²) in [6, 6.07) is 15.9. The molecule has 0 spiro atoms. The Morgan fingerprint density at radius 1 is 1.16 bits per heavy atom. The SMILES string of the molecule is O=C(NCCCc1ccccc1)C1CC(=O)N(Cc2ccccn2)C1. The number of nitrogens with zero attached hydrogens (tertiary/aromatic N) is 2. The van der Waals surface area contributed by atoms with Gasteiger partial charge in [0.05, 0.1) is 18.2 Å². The molecule has 1 atom stereocenters. The lowest BCUT2D eigenvalue weighted by atomic mass is 10.1. The van der Waals surface area contributed by atoms with Crippen molar-refractivity contribution in [2.45, 2.75) is 25.8 Å². The largest absolute Gasteiger partial charge is 0.356 e. The van der Waals surface area contributed by atoms with E-state index in [1.807, 2.05) is 36.4 Å². The van der Waals surface area contributed by atoms with Crippen molar-refractivity contribution in [2.75, 3.05) is 13.1 Å². The van der Waals surface area contributed by atoms with Crippen LogP contribution in [0.5, 0.6) is 0 Å². The Morgan fingerprint density at radius 2 is 1.96 bits per heavy atom. The zero-order chi connectivity index (χ0) is 17.5. The number of aromatic nitrogens is 1. The van der Waals surface area contributed by atoms with Crippen molar-refractivity contribution in [2.24, 2.45) is 5.92 Å². The fourth-order valence-electron chi connectivity index (χ4n) is 3.08. The number of likely N-dealkylation sites (tertiary alicyclic amines) is 1. The monoisotopic (exact) mass is 337 g/mol. The molecule has 1 aliphatic rings. The molecule has 2 heterocycles. The van der Waals surface area contributed by atoms with Crippen LogP contribution in [0.3, 0.4) is 0 Å². The van der Waals surface area contributed by atoms with E-state index in [-0.39, 0.29) is 24.2 Å². The molecule has 0 bridgehead atoms. The van der Waals surface area contributed by atoms with Gasteiger partial charge < -0.3 is 10.2 Å². The summed E-state index contributed by atoms with van der Waals surface area (Å²) in [5, 5.41) is 2.97. The van der Waals surface area contributed by atoms with E-state index >= 15 is 0 Å². The number of amides is 2. The molecule has 0 aliphatic carbocycles. The third kappa shape index (κ3) is 4.89. The summed E-state index contributed by atoms with van der Waals surface area (Å²) in [5.41, 5.74) is 2.12. The van der Waals surface area contributed by atoms with Crippen molar-refractivity contribution in [1.82, 2.24) is 15.2 Å². The standard InChI is InChI=1S/C20H23N3O2/c24-19-13-17(14-23(19)15-18-10-4-5-11-21-18)20(25)22-12-6-9-16-7-2-1-3-8-16/h1-5,7-8,10-11,17H,6,9,12-15H2,(H,22,25). The maximum absolute atomic E-state index is 12.3. The second kappa shape index (κ2) is 8.42. The van der Waals surface area contributed by atoms with Gasteiger partial charge in [-0.05, 0) is 30.5 Å². The maximum Gasteiger partial charge on any atom is 0.225 e.